The van der Waals surface area contributed by atoms with E-state index in [-0.39, 0.29) is 27.5 Å². The molecule has 5 aromatic rings. The van der Waals surface area contributed by atoms with E-state index in [1.165, 1.54) is 36.4 Å². The normalized spacial score (nSPS) is 16.3. The van der Waals surface area contributed by atoms with Crippen LogP contribution in [0.15, 0.2) is 159 Å². The molecule has 8 nitrogen and oxygen atoms in total. The molecule has 2 aliphatic heterocycles. The lowest BCUT2D eigenvalue weighted by molar-refractivity contribution is -0.113. The average molecular weight is 1050 g/mol. The zero-order valence-corrected chi connectivity index (χ0v) is 42.9. The van der Waals surface area contributed by atoms with Crippen LogP contribution in [0, 0.1) is 18.6 Å². The molecule has 358 valence electrons. The van der Waals surface area contributed by atoms with Crippen molar-refractivity contribution in [3.05, 3.63) is 210 Å². The SMILES string of the molecule is CC(C)(C)OC(=O)c1ccccc1Br.C[Si]1(C)C2=C(F)C(=O)C=CC2=C(c2ccccc2C(=O)O)c2ccc(O)c(F)c21.Cc1ccccc1C1=C2C=CC(=O)C(F)=C2[Si](C)(C)c2c1ccc(O)c2F. The van der Waals surface area contributed by atoms with E-state index in [1.54, 1.807) is 49.5 Å². The maximum absolute atomic E-state index is 15.1. The second kappa shape index (κ2) is 19.1. The van der Waals surface area contributed by atoms with Crippen molar-refractivity contribution in [2.24, 2.45) is 0 Å². The van der Waals surface area contributed by atoms with Crippen molar-refractivity contribution in [3.8, 4) is 11.5 Å². The molecule has 0 spiro atoms. The van der Waals surface area contributed by atoms with Gasteiger partial charge in [0.2, 0.25) is 11.6 Å². The van der Waals surface area contributed by atoms with Gasteiger partial charge in [-0.2, -0.15) is 0 Å². The highest BCUT2D eigenvalue weighted by Gasteiger charge is 2.47. The van der Waals surface area contributed by atoms with Gasteiger partial charge in [-0.25, -0.2) is 27.2 Å². The number of carbonyl (C=O) groups is 4. The third-order valence-corrected chi connectivity index (χ3v) is 20.0. The van der Waals surface area contributed by atoms with Gasteiger partial charge in [0, 0.05) is 4.47 Å². The predicted octanol–water partition coefficient (Wildman–Crippen LogP) is 11.7. The standard InChI is InChI=1S/C22H16F2O4Si.C22H18F2O2Si.C11H13BrO2/c1-29(2)20-13(7-9-15(25)18(20)23)17(11-5-3-4-6-12(11)22(27)28)14-8-10-16(26)19(24)21(14)29;1-12-6-4-5-7-13(12)18-14-8-10-16(25)19(23)21(14)27(2,3)22-15(18)9-11-17(26)20(22)24;1-11(2,3)14-10(13)8-6-4-5-7-9(8)12/h3-10,25H,1-2H3,(H,27,28);4-11,25H,1-3H3;4-7H,1-3H3. The van der Waals surface area contributed by atoms with Crippen LogP contribution in [-0.2, 0) is 14.3 Å². The molecule has 4 aliphatic rings. The monoisotopic (exact) mass is 1050 g/mol. The van der Waals surface area contributed by atoms with Crippen LogP contribution in [0.4, 0.5) is 17.6 Å². The minimum atomic E-state index is -3.08. The summed E-state index contributed by atoms with van der Waals surface area (Å²) in [6.45, 7) is 14.5. The largest absolute Gasteiger partial charge is 0.505 e. The Kier molecular flexibility index (Phi) is 13.9. The number of aromatic carboxylic acids is 1. The first-order chi connectivity index (χ1) is 32.8. The number of carbonyl (C=O) groups excluding carboxylic acids is 3. The number of ether oxygens (including phenoxy) is 1. The van der Waals surface area contributed by atoms with Crippen molar-refractivity contribution in [1.29, 1.82) is 0 Å². The van der Waals surface area contributed by atoms with Crippen LogP contribution in [-0.4, -0.2) is 60.6 Å². The molecule has 3 N–H and O–H groups in total. The molecule has 70 heavy (non-hydrogen) atoms. The highest BCUT2D eigenvalue weighted by molar-refractivity contribution is 9.10. The quantitative estimate of drug-likeness (QED) is 0.0919. The molecular weight excluding hydrogens is 1000 g/mol. The van der Waals surface area contributed by atoms with Gasteiger partial charge in [-0.15, -0.1) is 0 Å². The summed E-state index contributed by atoms with van der Waals surface area (Å²) in [7, 11) is -5.99. The summed E-state index contributed by atoms with van der Waals surface area (Å²) < 4.78 is 66.2. The molecule has 2 heterocycles. The van der Waals surface area contributed by atoms with Crippen LogP contribution >= 0.6 is 15.9 Å². The Labute approximate surface area is 412 Å². The molecule has 0 fully saturated rings. The van der Waals surface area contributed by atoms with Crippen molar-refractivity contribution in [3.63, 3.8) is 0 Å². The molecule has 0 radical (unpaired) electrons. The Morgan fingerprint density at radius 2 is 0.986 bits per heavy atom. The zero-order chi connectivity index (χ0) is 51.4. The first-order valence-electron chi connectivity index (χ1n) is 22.0. The van der Waals surface area contributed by atoms with Crippen molar-refractivity contribution in [2.75, 3.05) is 0 Å². The summed E-state index contributed by atoms with van der Waals surface area (Å²) in [4.78, 5) is 47.6. The van der Waals surface area contributed by atoms with Gasteiger partial charge >= 0.3 is 11.9 Å². The number of hydrogen-bond acceptors (Lipinski definition) is 7. The van der Waals surface area contributed by atoms with Gasteiger partial charge in [0.15, 0.2) is 34.8 Å². The number of benzene rings is 5. The summed E-state index contributed by atoms with van der Waals surface area (Å²) in [5.41, 5.74) is 5.28. The third kappa shape index (κ3) is 9.16. The maximum atomic E-state index is 15.1. The number of ketones is 2. The Morgan fingerprint density at radius 3 is 1.43 bits per heavy atom. The zero-order valence-electron chi connectivity index (χ0n) is 39.3. The van der Waals surface area contributed by atoms with Crippen molar-refractivity contribution in [2.45, 2.75) is 59.5 Å². The van der Waals surface area contributed by atoms with Gasteiger partial charge in [-0.3, -0.25) is 9.59 Å². The molecule has 0 unspecified atom stereocenters. The van der Waals surface area contributed by atoms with E-state index in [0.717, 1.165) is 21.7 Å². The summed E-state index contributed by atoms with van der Waals surface area (Å²) in [6, 6.07) is 26.8. The molecule has 0 amide bonds. The van der Waals surface area contributed by atoms with Crippen molar-refractivity contribution in [1.82, 2.24) is 0 Å². The second-order valence-corrected chi connectivity index (χ2v) is 28.2. The number of phenolic OH excluding ortho intramolecular Hbond substituents is 2. The molecular formula is C55H47BrF4O8Si2. The minimum absolute atomic E-state index is 0.0270. The number of carboxylic acid groups (broad SMARTS) is 1. The predicted molar refractivity (Wildman–Crippen MR) is 271 cm³/mol. The number of aryl methyl sites for hydroxylation is 1. The average Bonchev–Trinajstić information content (AvgIpc) is 3.28. The topological polar surface area (TPSA) is 138 Å². The number of carboxylic acids is 1. The number of phenols is 2. The molecule has 5 aromatic carbocycles. The van der Waals surface area contributed by atoms with Crippen LogP contribution in [0.1, 0.15) is 69.3 Å². The van der Waals surface area contributed by atoms with Gasteiger partial charge in [0.1, 0.15) is 21.7 Å². The van der Waals surface area contributed by atoms with Crippen LogP contribution in [0.3, 0.4) is 0 Å². The van der Waals surface area contributed by atoms with Crippen LogP contribution in [0.2, 0.25) is 26.2 Å². The van der Waals surface area contributed by atoms with E-state index in [2.05, 4.69) is 15.9 Å². The van der Waals surface area contributed by atoms with E-state index in [4.69, 9.17) is 4.74 Å². The summed E-state index contributed by atoms with van der Waals surface area (Å²) in [6.07, 6.45) is 5.45. The Morgan fingerprint density at radius 1 is 0.571 bits per heavy atom. The lowest BCUT2D eigenvalue weighted by atomic mass is 9.87. The van der Waals surface area contributed by atoms with E-state index < -0.39 is 74.1 Å². The fourth-order valence-electron chi connectivity index (χ4n) is 9.34. The highest BCUT2D eigenvalue weighted by Crippen LogP contribution is 2.47. The molecule has 9 rings (SSSR count). The number of aromatic hydroxyl groups is 2. The first-order valence-corrected chi connectivity index (χ1v) is 28.8. The van der Waals surface area contributed by atoms with Crippen LogP contribution < -0.4 is 10.4 Å². The summed E-state index contributed by atoms with van der Waals surface area (Å²) in [5.74, 6) is -7.38. The van der Waals surface area contributed by atoms with E-state index >= 15 is 17.6 Å². The van der Waals surface area contributed by atoms with Gasteiger partial charge in [0.05, 0.1) is 11.1 Å². The smallest absolute Gasteiger partial charge is 0.339 e. The second-order valence-electron chi connectivity index (χ2n) is 18.9. The highest BCUT2D eigenvalue weighted by atomic mass is 79.9. The molecule has 0 atom stereocenters. The van der Waals surface area contributed by atoms with Gasteiger partial charge in [-0.1, -0.05) is 105 Å². The maximum Gasteiger partial charge on any atom is 0.339 e. The molecule has 0 saturated carbocycles. The van der Waals surface area contributed by atoms with E-state index in [0.29, 0.717) is 49.4 Å². The van der Waals surface area contributed by atoms with E-state index in [9.17, 15) is 34.5 Å². The number of halogens is 5. The number of esters is 1. The fraction of sp³-hybridized carbons (Fsp3) is 0.164. The molecule has 2 aliphatic carbocycles. The Bertz CT molecular complexity index is 3300. The number of hydrogen-bond donors (Lipinski definition) is 3. The van der Waals surface area contributed by atoms with E-state index in [1.807, 2.05) is 83.3 Å². The minimum Gasteiger partial charge on any atom is -0.505 e. The molecule has 0 saturated heterocycles. The third-order valence-electron chi connectivity index (χ3n) is 12.4. The van der Waals surface area contributed by atoms with Gasteiger partial charge in [0.25, 0.3) is 0 Å². The number of allylic oxidation sites excluding steroid dienone is 10. The number of fused-ring (bicyclic) bond motifs is 4. The summed E-state index contributed by atoms with van der Waals surface area (Å²) in [5, 5.41) is 30.5. The summed E-state index contributed by atoms with van der Waals surface area (Å²) >= 11 is 3.30. The molecule has 15 heteroatoms. The number of rotatable bonds is 4. The lowest BCUT2D eigenvalue weighted by Crippen LogP contribution is -2.51. The van der Waals surface area contributed by atoms with Crippen LogP contribution in [0.5, 0.6) is 11.5 Å². The molecule has 0 bridgehead atoms. The van der Waals surface area contributed by atoms with Crippen LogP contribution in [0.25, 0.3) is 11.1 Å². The van der Waals surface area contributed by atoms with Crippen molar-refractivity contribution >= 4 is 77.1 Å². The Hall–Kier alpha value is -6.95. The lowest BCUT2D eigenvalue weighted by Gasteiger charge is -2.38. The molecule has 0 aromatic heterocycles. The van der Waals surface area contributed by atoms with Gasteiger partial charge < -0.3 is 20.1 Å². The van der Waals surface area contributed by atoms with Crippen molar-refractivity contribution < 1.29 is 56.8 Å². The first kappa shape index (κ1) is 50.9. The van der Waals surface area contributed by atoms with Gasteiger partial charge in [-0.05, 0) is 157 Å². The fourth-order valence-corrected chi connectivity index (χ4v) is 16.5. The Balaban J connectivity index is 0.000000164.